The summed E-state index contributed by atoms with van der Waals surface area (Å²) in [5.41, 5.74) is 0.126. The Morgan fingerprint density at radius 3 is 2.07 bits per heavy atom. The molecule has 0 aliphatic rings. The first-order valence-corrected chi connectivity index (χ1v) is 8.34. The van der Waals surface area contributed by atoms with Gasteiger partial charge in [-0.15, -0.1) is 0 Å². The zero-order valence-corrected chi connectivity index (χ0v) is 16.1. The summed E-state index contributed by atoms with van der Waals surface area (Å²) in [5, 5.41) is 15.7. The summed E-state index contributed by atoms with van der Waals surface area (Å²) in [6.45, 7) is 0. The first-order chi connectivity index (χ1) is 13.7. The van der Waals surface area contributed by atoms with Crippen LogP contribution < -0.4 is 10.6 Å². The van der Waals surface area contributed by atoms with Gasteiger partial charge in [0.1, 0.15) is 0 Å². The Kier molecular flexibility index (Phi) is 6.93. The predicted octanol–water partition coefficient (Wildman–Crippen LogP) is 2.29. The standard InChI is InChI=1S/C18H15N3O7S/c1-27-16(23)11-6-12(17(24)28-2)8-13(7-11)19-18(29)20-15(22)10-4-3-5-14(9-10)21(25)26/h3-9H,1-2H3,(H2,19,20,22,29). The zero-order valence-electron chi connectivity index (χ0n) is 15.3. The van der Waals surface area contributed by atoms with E-state index in [1.807, 2.05) is 0 Å². The number of thiocarbonyl (C=S) groups is 1. The third kappa shape index (κ3) is 5.56. The van der Waals surface area contributed by atoms with Gasteiger partial charge in [0.2, 0.25) is 0 Å². The summed E-state index contributed by atoms with van der Waals surface area (Å²) in [5.74, 6) is -2.06. The molecule has 2 rings (SSSR count). The Morgan fingerprint density at radius 2 is 1.55 bits per heavy atom. The van der Waals surface area contributed by atoms with Crippen LogP contribution in [0.4, 0.5) is 11.4 Å². The van der Waals surface area contributed by atoms with E-state index in [9.17, 15) is 24.5 Å². The van der Waals surface area contributed by atoms with E-state index in [4.69, 9.17) is 12.2 Å². The average Bonchev–Trinajstić information content (AvgIpc) is 2.72. The lowest BCUT2D eigenvalue weighted by atomic mass is 10.1. The minimum Gasteiger partial charge on any atom is -0.465 e. The summed E-state index contributed by atoms with van der Waals surface area (Å²) < 4.78 is 9.28. The molecule has 0 aromatic heterocycles. The molecule has 10 nitrogen and oxygen atoms in total. The molecule has 29 heavy (non-hydrogen) atoms. The third-order valence-corrected chi connectivity index (χ3v) is 3.78. The van der Waals surface area contributed by atoms with E-state index in [0.29, 0.717) is 0 Å². The smallest absolute Gasteiger partial charge is 0.337 e. The molecule has 0 unspecified atom stereocenters. The molecule has 2 aromatic rings. The van der Waals surface area contributed by atoms with Crippen molar-refractivity contribution in [2.45, 2.75) is 0 Å². The molecule has 0 bridgehead atoms. The molecule has 2 aromatic carbocycles. The molecule has 0 fully saturated rings. The van der Waals surface area contributed by atoms with Gasteiger partial charge in [0.25, 0.3) is 11.6 Å². The highest BCUT2D eigenvalue weighted by Crippen LogP contribution is 2.17. The minimum absolute atomic E-state index is 0.0295. The maximum Gasteiger partial charge on any atom is 0.337 e. The Bertz CT molecular complexity index is 972. The van der Waals surface area contributed by atoms with E-state index in [1.54, 1.807) is 0 Å². The number of carbonyl (C=O) groups is 3. The van der Waals surface area contributed by atoms with Crippen LogP contribution in [0.1, 0.15) is 31.1 Å². The van der Waals surface area contributed by atoms with Gasteiger partial charge in [0, 0.05) is 23.4 Å². The predicted molar refractivity (Wildman–Crippen MR) is 106 cm³/mol. The molecule has 11 heteroatoms. The van der Waals surface area contributed by atoms with Crippen molar-refractivity contribution in [3.63, 3.8) is 0 Å². The number of benzene rings is 2. The number of hydrogen-bond acceptors (Lipinski definition) is 8. The first-order valence-electron chi connectivity index (χ1n) is 7.93. The van der Waals surface area contributed by atoms with Crippen molar-refractivity contribution in [1.29, 1.82) is 0 Å². The first kappa shape index (κ1) is 21.4. The molecule has 150 valence electrons. The molecule has 0 radical (unpaired) electrons. The Balaban J connectivity index is 2.20. The number of anilines is 1. The number of hydrogen-bond donors (Lipinski definition) is 2. The second kappa shape index (κ2) is 9.37. The molecule has 0 saturated heterocycles. The van der Waals surface area contributed by atoms with Crippen molar-refractivity contribution in [2.24, 2.45) is 0 Å². The topological polar surface area (TPSA) is 137 Å². The number of carbonyl (C=O) groups excluding carboxylic acids is 3. The van der Waals surface area contributed by atoms with E-state index in [2.05, 4.69) is 20.1 Å². The molecular weight excluding hydrogens is 402 g/mol. The molecule has 0 aliphatic carbocycles. The van der Waals surface area contributed by atoms with E-state index < -0.39 is 22.8 Å². The number of amides is 1. The lowest BCUT2D eigenvalue weighted by Crippen LogP contribution is -2.34. The maximum absolute atomic E-state index is 12.3. The van der Waals surface area contributed by atoms with E-state index in [0.717, 1.165) is 6.07 Å². The molecule has 0 aliphatic heterocycles. The largest absolute Gasteiger partial charge is 0.465 e. The SMILES string of the molecule is COC(=O)c1cc(NC(=S)NC(=O)c2cccc([N+](=O)[O-])c2)cc(C(=O)OC)c1. The van der Waals surface area contributed by atoms with Crippen LogP contribution in [0.5, 0.6) is 0 Å². The van der Waals surface area contributed by atoms with E-state index >= 15 is 0 Å². The lowest BCUT2D eigenvalue weighted by Gasteiger charge is -2.12. The van der Waals surface area contributed by atoms with Gasteiger partial charge in [0.15, 0.2) is 5.11 Å². The molecule has 0 saturated carbocycles. The van der Waals surface area contributed by atoms with Gasteiger partial charge in [0.05, 0.1) is 30.3 Å². The van der Waals surface area contributed by atoms with Crippen LogP contribution in [-0.2, 0) is 9.47 Å². The second-order valence-corrected chi connectivity index (χ2v) is 5.91. The third-order valence-electron chi connectivity index (χ3n) is 3.58. The van der Waals surface area contributed by atoms with E-state index in [1.165, 1.54) is 50.6 Å². The number of methoxy groups -OCH3 is 2. The van der Waals surface area contributed by atoms with Crippen molar-refractivity contribution < 1.29 is 28.8 Å². The van der Waals surface area contributed by atoms with Crippen molar-refractivity contribution in [2.75, 3.05) is 19.5 Å². The highest BCUT2D eigenvalue weighted by atomic mass is 32.1. The van der Waals surface area contributed by atoms with Crippen LogP contribution in [-0.4, -0.2) is 42.1 Å². The number of non-ortho nitro benzene ring substituents is 1. The van der Waals surface area contributed by atoms with Crippen LogP contribution in [0.3, 0.4) is 0 Å². The van der Waals surface area contributed by atoms with Gasteiger partial charge < -0.3 is 14.8 Å². The quantitative estimate of drug-likeness (QED) is 0.325. The number of ether oxygens (including phenoxy) is 2. The van der Waals surface area contributed by atoms with Crippen LogP contribution in [0.2, 0.25) is 0 Å². The normalized spacial score (nSPS) is 9.86. The summed E-state index contributed by atoms with van der Waals surface area (Å²) in [7, 11) is 2.37. The molecule has 0 heterocycles. The molecule has 1 amide bonds. The number of nitro benzene ring substituents is 1. The Morgan fingerprint density at radius 1 is 0.966 bits per heavy atom. The number of rotatable bonds is 5. The number of nitro groups is 1. The zero-order chi connectivity index (χ0) is 21.6. The van der Waals surface area contributed by atoms with Gasteiger partial charge >= 0.3 is 11.9 Å². The van der Waals surface area contributed by atoms with Gasteiger partial charge in [-0.25, -0.2) is 9.59 Å². The minimum atomic E-state index is -0.689. The van der Waals surface area contributed by atoms with Crippen LogP contribution >= 0.6 is 12.2 Å². The number of esters is 2. The van der Waals surface area contributed by atoms with Crippen molar-refractivity contribution >= 4 is 46.6 Å². The Hall–Kier alpha value is -3.86. The summed E-state index contributed by atoms with van der Waals surface area (Å²) in [6.07, 6.45) is 0. The van der Waals surface area contributed by atoms with Gasteiger partial charge in [-0.2, -0.15) is 0 Å². The van der Waals surface area contributed by atoms with E-state index in [-0.39, 0.29) is 33.2 Å². The maximum atomic E-state index is 12.3. The van der Waals surface area contributed by atoms with Crippen LogP contribution in [0.15, 0.2) is 42.5 Å². The fraction of sp³-hybridized carbons (Fsp3) is 0.111. The molecular formula is C18H15N3O7S. The Labute approximate surface area is 170 Å². The monoisotopic (exact) mass is 417 g/mol. The molecule has 2 N–H and O–H groups in total. The highest BCUT2D eigenvalue weighted by Gasteiger charge is 2.16. The van der Waals surface area contributed by atoms with Gasteiger partial charge in [-0.3, -0.25) is 20.2 Å². The van der Waals surface area contributed by atoms with Crippen molar-refractivity contribution in [1.82, 2.24) is 5.32 Å². The van der Waals surface area contributed by atoms with Crippen molar-refractivity contribution in [3.05, 3.63) is 69.3 Å². The molecule has 0 atom stereocenters. The fourth-order valence-corrected chi connectivity index (χ4v) is 2.48. The van der Waals surface area contributed by atoms with Gasteiger partial charge in [-0.05, 0) is 36.5 Å². The fourth-order valence-electron chi connectivity index (χ4n) is 2.27. The second-order valence-electron chi connectivity index (χ2n) is 5.50. The number of nitrogens with zero attached hydrogens (tertiary/aromatic N) is 1. The highest BCUT2D eigenvalue weighted by molar-refractivity contribution is 7.80. The molecule has 0 spiro atoms. The summed E-state index contributed by atoms with van der Waals surface area (Å²) >= 11 is 5.06. The lowest BCUT2D eigenvalue weighted by molar-refractivity contribution is -0.384. The number of nitrogens with one attached hydrogen (secondary N) is 2. The average molecular weight is 417 g/mol. The van der Waals surface area contributed by atoms with Gasteiger partial charge in [-0.1, -0.05) is 6.07 Å². The summed E-state index contributed by atoms with van der Waals surface area (Å²) in [6, 6.07) is 9.12. The van der Waals surface area contributed by atoms with Crippen LogP contribution in [0, 0.1) is 10.1 Å². The summed E-state index contributed by atoms with van der Waals surface area (Å²) in [4.78, 5) is 46.1. The van der Waals surface area contributed by atoms with Crippen molar-refractivity contribution in [3.8, 4) is 0 Å². The van der Waals surface area contributed by atoms with Crippen LogP contribution in [0.25, 0.3) is 0 Å².